The van der Waals surface area contributed by atoms with Crippen LogP contribution in [0.15, 0.2) is 47.2 Å². The Hall–Kier alpha value is -2.99. The molecule has 7 nitrogen and oxygen atoms in total. The van der Waals surface area contributed by atoms with Gasteiger partial charge in [0.1, 0.15) is 18.2 Å². The quantitative estimate of drug-likeness (QED) is 0.219. The second kappa shape index (κ2) is 10.6. The van der Waals surface area contributed by atoms with Gasteiger partial charge in [0.25, 0.3) is 5.95 Å². The molecule has 0 radical (unpaired) electrons. The normalized spacial score (nSPS) is 11.1. The number of benzene rings is 1. The molecule has 2 aromatic heterocycles. The average Bonchev–Trinajstić information content (AvgIpc) is 3.18. The first kappa shape index (κ1) is 23.7. The number of carbonyl (C=O) groups excluding carboxylic acids is 1. The number of halogens is 5. The van der Waals surface area contributed by atoms with Crippen molar-refractivity contribution in [1.82, 2.24) is 14.5 Å². The minimum absolute atomic E-state index is 0.0917. The number of carbonyl (C=O) groups is 1. The number of alkyl halides is 3. The second-order valence-corrected chi connectivity index (χ2v) is 7.13. The number of hydrogen-bond donors (Lipinski definition) is 0. The van der Waals surface area contributed by atoms with E-state index in [1.165, 1.54) is 41.2 Å². The number of hydrogen-bond acceptors (Lipinski definition) is 6. The van der Waals surface area contributed by atoms with Crippen molar-refractivity contribution in [2.24, 2.45) is 0 Å². The van der Waals surface area contributed by atoms with Gasteiger partial charge in [0.2, 0.25) is 0 Å². The lowest BCUT2D eigenvalue weighted by Crippen LogP contribution is -2.24. The zero-order valence-corrected chi connectivity index (χ0v) is 18.2. The summed E-state index contributed by atoms with van der Waals surface area (Å²) >= 11 is 3.15. The predicted octanol–water partition coefficient (Wildman–Crippen LogP) is 5.29. The van der Waals surface area contributed by atoms with Crippen LogP contribution in [-0.2, 0) is 16.1 Å². The van der Waals surface area contributed by atoms with Crippen LogP contribution in [0.3, 0.4) is 0 Å². The van der Waals surface area contributed by atoms with Crippen LogP contribution in [0.1, 0.15) is 17.3 Å². The third-order valence-electron chi connectivity index (χ3n) is 4.13. The molecule has 12 heteroatoms. The van der Waals surface area contributed by atoms with Gasteiger partial charge in [-0.3, -0.25) is 0 Å². The highest BCUT2D eigenvalue weighted by atomic mass is 79.9. The lowest BCUT2D eigenvalue weighted by molar-refractivity contribution is -0.130. The molecule has 3 aromatic rings. The molecule has 0 saturated carbocycles. The Morgan fingerprint density at radius 1 is 1.28 bits per heavy atom. The van der Waals surface area contributed by atoms with Crippen LogP contribution in [0.25, 0.3) is 11.4 Å². The lowest BCUT2D eigenvalue weighted by atomic mass is 10.2. The summed E-state index contributed by atoms with van der Waals surface area (Å²) in [6.45, 7) is -2.33. The molecule has 3 rings (SSSR count). The molecule has 0 N–H and O–H groups in total. The molecule has 0 bridgehead atoms. The van der Waals surface area contributed by atoms with Gasteiger partial charge in [-0.1, -0.05) is 15.9 Å². The van der Waals surface area contributed by atoms with E-state index in [0.717, 1.165) is 6.07 Å². The smallest absolute Gasteiger partial charge is 0.365 e. The molecule has 0 atom stereocenters. The van der Waals surface area contributed by atoms with Crippen molar-refractivity contribution in [1.29, 1.82) is 0 Å². The molecular weight excluding hydrogens is 500 g/mol. The van der Waals surface area contributed by atoms with E-state index in [2.05, 4.69) is 30.7 Å². The van der Waals surface area contributed by atoms with Crippen molar-refractivity contribution >= 4 is 33.5 Å². The topological polar surface area (TPSA) is 69.5 Å². The standard InChI is InChI=1S/C20H17BrF4N4O3/c1-2-31-18(30)12-9-17(28(11-12)8-6-22)15-5-7-26-20(27-15)29(32-19(24)25)16-10-13(21)3-4-14(16)23/h3-5,7,9-11,19H,2,6,8H2,1H3. The molecular formula is C20H17BrF4N4O3. The van der Waals surface area contributed by atoms with Gasteiger partial charge in [-0.2, -0.15) is 18.7 Å². The maximum atomic E-state index is 14.4. The molecule has 0 saturated heterocycles. The highest BCUT2D eigenvalue weighted by molar-refractivity contribution is 9.10. The fraction of sp³-hybridized carbons (Fsp3) is 0.250. The van der Waals surface area contributed by atoms with E-state index >= 15 is 0 Å². The fourth-order valence-corrected chi connectivity index (χ4v) is 3.20. The summed E-state index contributed by atoms with van der Waals surface area (Å²) in [7, 11) is 0. The highest BCUT2D eigenvalue weighted by Gasteiger charge is 2.23. The minimum Gasteiger partial charge on any atom is -0.462 e. The number of nitrogens with zero attached hydrogens (tertiary/aromatic N) is 4. The molecule has 0 aliphatic heterocycles. The Balaban J connectivity index is 2.08. The Kier molecular flexibility index (Phi) is 7.80. The summed E-state index contributed by atoms with van der Waals surface area (Å²) < 4.78 is 60.4. The van der Waals surface area contributed by atoms with Crippen molar-refractivity contribution in [2.45, 2.75) is 20.1 Å². The molecule has 170 valence electrons. The van der Waals surface area contributed by atoms with Gasteiger partial charge in [0.05, 0.1) is 30.1 Å². The van der Waals surface area contributed by atoms with E-state index in [9.17, 15) is 22.4 Å². The van der Waals surface area contributed by atoms with Gasteiger partial charge < -0.3 is 9.30 Å². The number of esters is 1. The van der Waals surface area contributed by atoms with Gasteiger partial charge in [-0.25, -0.2) is 23.5 Å². The SMILES string of the molecule is CCOC(=O)c1cc(-c2ccnc(N(OC(F)F)c3cc(Br)ccc3F)n2)n(CCF)c1. The number of anilines is 2. The van der Waals surface area contributed by atoms with E-state index in [0.29, 0.717) is 15.2 Å². The number of aromatic nitrogens is 3. The Labute approximate surface area is 188 Å². The maximum absolute atomic E-state index is 14.4. The van der Waals surface area contributed by atoms with Gasteiger partial charge in [-0.05, 0) is 37.3 Å². The number of ether oxygens (including phenoxy) is 1. The number of aryl methyl sites for hydroxylation is 1. The second-order valence-electron chi connectivity index (χ2n) is 6.21. The first-order chi connectivity index (χ1) is 15.3. The highest BCUT2D eigenvalue weighted by Crippen LogP contribution is 2.31. The van der Waals surface area contributed by atoms with E-state index < -0.39 is 31.0 Å². The Morgan fingerprint density at radius 3 is 2.75 bits per heavy atom. The summed E-state index contributed by atoms with van der Waals surface area (Å²) in [6.07, 6.45) is 2.64. The Bertz CT molecular complexity index is 1100. The summed E-state index contributed by atoms with van der Waals surface area (Å²) in [5, 5.41) is 0.461. The predicted molar refractivity (Wildman–Crippen MR) is 111 cm³/mol. The average molecular weight is 517 g/mol. The summed E-state index contributed by atoms with van der Waals surface area (Å²) in [6, 6.07) is 6.52. The molecule has 32 heavy (non-hydrogen) atoms. The van der Waals surface area contributed by atoms with E-state index in [1.807, 2.05) is 0 Å². The third kappa shape index (κ3) is 5.43. The van der Waals surface area contributed by atoms with Crippen LogP contribution in [0, 0.1) is 5.82 Å². The van der Waals surface area contributed by atoms with Gasteiger partial charge in [0, 0.05) is 16.9 Å². The van der Waals surface area contributed by atoms with Crippen LogP contribution in [0.2, 0.25) is 0 Å². The lowest BCUT2D eigenvalue weighted by Gasteiger charge is -2.22. The Morgan fingerprint density at radius 2 is 2.06 bits per heavy atom. The molecule has 2 heterocycles. The monoisotopic (exact) mass is 516 g/mol. The maximum Gasteiger partial charge on any atom is 0.365 e. The van der Waals surface area contributed by atoms with E-state index in [4.69, 9.17) is 4.74 Å². The van der Waals surface area contributed by atoms with Crippen LogP contribution >= 0.6 is 15.9 Å². The van der Waals surface area contributed by atoms with Gasteiger partial charge >= 0.3 is 12.6 Å². The zero-order valence-electron chi connectivity index (χ0n) is 16.6. The largest absolute Gasteiger partial charge is 0.462 e. The zero-order chi connectivity index (χ0) is 23.3. The third-order valence-corrected chi connectivity index (χ3v) is 4.63. The molecule has 0 aliphatic carbocycles. The minimum atomic E-state index is -3.30. The van der Waals surface area contributed by atoms with Crippen molar-refractivity contribution < 1.29 is 31.9 Å². The first-order valence-electron chi connectivity index (χ1n) is 9.30. The molecule has 0 fully saturated rings. The molecule has 0 spiro atoms. The van der Waals surface area contributed by atoms with Crippen LogP contribution in [0.4, 0.5) is 29.2 Å². The molecule has 0 aliphatic rings. The first-order valence-corrected chi connectivity index (χ1v) is 10.1. The van der Waals surface area contributed by atoms with Crippen molar-refractivity contribution in [3.63, 3.8) is 0 Å². The molecule has 0 amide bonds. The van der Waals surface area contributed by atoms with Crippen LogP contribution in [0.5, 0.6) is 0 Å². The summed E-state index contributed by atoms with van der Waals surface area (Å²) in [5.74, 6) is -1.86. The van der Waals surface area contributed by atoms with Crippen molar-refractivity contribution in [2.75, 3.05) is 18.3 Å². The van der Waals surface area contributed by atoms with Gasteiger partial charge in [0.15, 0.2) is 0 Å². The van der Waals surface area contributed by atoms with Gasteiger partial charge in [-0.15, -0.1) is 0 Å². The van der Waals surface area contributed by atoms with E-state index in [-0.39, 0.29) is 30.1 Å². The molecule has 0 unspecified atom stereocenters. The summed E-state index contributed by atoms with van der Waals surface area (Å²) in [5.41, 5.74) is 0.274. The summed E-state index contributed by atoms with van der Waals surface area (Å²) in [4.78, 5) is 24.6. The molecule has 1 aromatic carbocycles. The van der Waals surface area contributed by atoms with Crippen molar-refractivity contribution in [3.05, 3.63) is 58.6 Å². The van der Waals surface area contributed by atoms with Crippen LogP contribution in [-0.4, -0.2) is 40.4 Å². The van der Waals surface area contributed by atoms with Crippen LogP contribution < -0.4 is 5.06 Å². The van der Waals surface area contributed by atoms with E-state index in [1.54, 1.807) is 6.92 Å². The van der Waals surface area contributed by atoms with Crippen molar-refractivity contribution in [3.8, 4) is 11.4 Å². The fourth-order valence-electron chi connectivity index (χ4n) is 2.85. The number of rotatable bonds is 9.